The molecule has 1 aromatic carbocycles. The summed E-state index contributed by atoms with van der Waals surface area (Å²) < 4.78 is 6.95. The molecule has 152 valence electrons. The quantitative estimate of drug-likeness (QED) is 0.504. The van der Waals surface area contributed by atoms with Crippen molar-refractivity contribution in [2.75, 3.05) is 12.4 Å². The highest BCUT2D eigenvalue weighted by Gasteiger charge is 2.21. The van der Waals surface area contributed by atoms with Gasteiger partial charge in [0, 0.05) is 18.7 Å². The molecular formula is C19H21N5O3S2. The van der Waals surface area contributed by atoms with Gasteiger partial charge in [-0.25, -0.2) is 0 Å². The number of nitrogens with one attached hydrogen (secondary N) is 1. The van der Waals surface area contributed by atoms with Gasteiger partial charge in [-0.3, -0.25) is 9.59 Å². The summed E-state index contributed by atoms with van der Waals surface area (Å²) in [4.78, 5) is 24.8. The second-order valence-electron chi connectivity index (χ2n) is 6.13. The summed E-state index contributed by atoms with van der Waals surface area (Å²) in [5, 5.41) is 13.4. The lowest BCUT2D eigenvalue weighted by Crippen LogP contribution is -2.23. The zero-order valence-corrected chi connectivity index (χ0v) is 17.6. The smallest absolute Gasteiger partial charge is 0.237 e. The molecule has 29 heavy (non-hydrogen) atoms. The molecule has 0 radical (unpaired) electrons. The maximum absolute atomic E-state index is 12.6. The number of thioether (sulfide) groups is 1. The summed E-state index contributed by atoms with van der Waals surface area (Å²) in [5.41, 5.74) is 5.99. The maximum Gasteiger partial charge on any atom is 0.237 e. The largest absolute Gasteiger partial charge is 0.497 e. The zero-order valence-electron chi connectivity index (χ0n) is 16.0. The lowest BCUT2D eigenvalue weighted by molar-refractivity contribution is -0.118. The normalized spacial score (nSPS) is 11.8. The molecule has 3 rings (SSSR count). The molecule has 3 aromatic rings. The van der Waals surface area contributed by atoms with E-state index in [0.29, 0.717) is 29.0 Å². The third kappa shape index (κ3) is 5.36. The Balaban J connectivity index is 1.73. The second-order valence-corrected chi connectivity index (χ2v) is 8.38. The van der Waals surface area contributed by atoms with Gasteiger partial charge in [-0.15, -0.1) is 21.5 Å². The van der Waals surface area contributed by atoms with Gasteiger partial charge in [0.25, 0.3) is 0 Å². The van der Waals surface area contributed by atoms with E-state index in [4.69, 9.17) is 10.5 Å². The summed E-state index contributed by atoms with van der Waals surface area (Å²) in [6, 6.07) is 11.0. The number of nitrogens with zero attached hydrogens (tertiary/aromatic N) is 3. The topological polar surface area (TPSA) is 112 Å². The van der Waals surface area contributed by atoms with Crippen LogP contribution in [0.15, 0.2) is 46.9 Å². The summed E-state index contributed by atoms with van der Waals surface area (Å²) >= 11 is 2.81. The van der Waals surface area contributed by atoms with Crippen molar-refractivity contribution in [3.05, 3.63) is 41.8 Å². The summed E-state index contributed by atoms with van der Waals surface area (Å²) in [7, 11) is 1.59. The molecule has 0 fully saturated rings. The Morgan fingerprint density at radius 1 is 1.28 bits per heavy atom. The predicted octanol–water partition coefficient (Wildman–Crippen LogP) is 3.01. The van der Waals surface area contributed by atoms with Crippen molar-refractivity contribution in [3.63, 3.8) is 0 Å². The number of ether oxygens (including phenoxy) is 1. The molecule has 2 heterocycles. The van der Waals surface area contributed by atoms with Gasteiger partial charge in [0.05, 0.1) is 17.2 Å². The van der Waals surface area contributed by atoms with E-state index in [2.05, 4.69) is 15.5 Å². The van der Waals surface area contributed by atoms with E-state index >= 15 is 0 Å². The number of methoxy groups -OCH3 is 1. The molecule has 2 aromatic heterocycles. The Morgan fingerprint density at radius 3 is 2.66 bits per heavy atom. The van der Waals surface area contributed by atoms with Gasteiger partial charge >= 0.3 is 0 Å². The number of nitrogens with two attached hydrogens (primary N) is 1. The van der Waals surface area contributed by atoms with Crippen LogP contribution in [0.2, 0.25) is 0 Å². The van der Waals surface area contributed by atoms with Gasteiger partial charge < -0.3 is 20.4 Å². The van der Waals surface area contributed by atoms with Gasteiger partial charge in [-0.2, -0.15) is 0 Å². The first-order valence-electron chi connectivity index (χ1n) is 8.85. The van der Waals surface area contributed by atoms with Crippen molar-refractivity contribution in [1.29, 1.82) is 0 Å². The number of primary amides is 1. The predicted molar refractivity (Wildman–Crippen MR) is 114 cm³/mol. The van der Waals surface area contributed by atoms with E-state index in [1.54, 1.807) is 38.3 Å². The summed E-state index contributed by atoms with van der Waals surface area (Å²) in [6.45, 7) is 2.15. The minimum atomic E-state index is -0.426. The van der Waals surface area contributed by atoms with E-state index in [-0.39, 0.29) is 12.3 Å². The molecule has 0 bridgehead atoms. The lowest BCUT2D eigenvalue weighted by Gasteiger charge is -2.13. The summed E-state index contributed by atoms with van der Waals surface area (Å²) in [6.07, 6.45) is 0.163. The molecule has 0 spiro atoms. The van der Waals surface area contributed by atoms with E-state index < -0.39 is 11.2 Å². The Hall–Kier alpha value is -2.85. The fourth-order valence-corrected chi connectivity index (χ4v) is 4.11. The standard InChI is InChI=1S/C19H21N5O3S2/c1-12(18(26)21-13-5-7-14(27-2)8-6-13)29-19-23-22-17(15-4-3-11-28-15)24(19)10-9-16(20)25/h3-8,11-12H,9-10H2,1-2H3,(H2,20,25)(H,21,26). The minimum Gasteiger partial charge on any atom is -0.497 e. The van der Waals surface area contributed by atoms with Crippen LogP contribution in [-0.2, 0) is 16.1 Å². The first-order valence-corrected chi connectivity index (χ1v) is 10.6. The third-order valence-electron chi connectivity index (χ3n) is 4.05. The molecule has 0 aliphatic rings. The van der Waals surface area contributed by atoms with Crippen molar-refractivity contribution < 1.29 is 14.3 Å². The highest BCUT2D eigenvalue weighted by molar-refractivity contribution is 8.00. The number of carbonyl (C=O) groups excluding carboxylic acids is 2. The number of aromatic nitrogens is 3. The molecule has 2 amide bonds. The average molecular weight is 432 g/mol. The molecule has 8 nitrogen and oxygen atoms in total. The van der Waals surface area contributed by atoms with Crippen molar-refractivity contribution in [2.24, 2.45) is 5.73 Å². The number of carbonyl (C=O) groups is 2. The van der Waals surface area contributed by atoms with Crippen LogP contribution in [0.1, 0.15) is 13.3 Å². The number of hydrogen-bond donors (Lipinski definition) is 2. The number of benzene rings is 1. The maximum atomic E-state index is 12.6. The van der Waals surface area contributed by atoms with Gasteiger partial charge in [0.2, 0.25) is 11.8 Å². The molecule has 0 aliphatic carbocycles. The molecule has 0 saturated carbocycles. The van der Waals surface area contributed by atoms with Gasteiger partial charge in [-0.1, -0.05) is 17.8 Å². The molecule has 10 heteroatoms. The third-order valence-corrected chi connectivity index (χ3v) is 6.00. The average Bonchev–Trinajstić information content (AvgIpc) is 3.36. The van der Waals surface area contributed by atoms with E-state index in [0.717, 1.165) is 4.88 Å². The van der Waals surface area contributed by atoms with Crippen LogP contribution in [0.4, 0.5) is 5.69 Å². The van der Waals surface area contributed by atoms with Crippen LogP contribution in [0, 0.1) is 0 Å². The van der Waals surface area contributed by atoms with Crippen LogP contribution in [-0.4, -0.2) is 38.9 Å². The van der Waals surface area contributed by atoms with E-state index in [1.165, 1.54) is 23.1 Å². The Bertz CT molecular complexity index is 970. The first-order chi connectivity index (χ1) is 14.0. The fraction of sp³-hybridized carbons (Fsp3) is 0.263. The molecule has 0 saturated heterocycles. The number of anilines is 1. The molecular weight excluding hydrogens is 410 g/mol. The van der Waals surface area contributed by atoms with Crippen molar-refractivity contribution in [2.45, 2.75) is 30.3 Å². The van der Waals surface area contributed by atoms with Crippen molar-refractivity contribution in [1.82, 2.24) is 14.8 Å². The molecule has 3 N–H and O–H groups in total. The highest BCUT2D eigenvalue weighted by Crippen LogP contribution is 2.30. The number of amides is 2. The zero-order chi connectivity index (χ0) is 20.8. The Kier molecular flexibility index (Phi) is 6.89. The summed E-state index contributed by atoms with van der Waals surface area (Å²) in [5.74, 6) is 0.806. The van der Waals surface area contributed by atoms with Gasteiger partial charge in [0.1, 0.15) is 5.75 Å². The molecule has 1 unspecified atom stereocenters. The minimum absolute atomic E-state index is 0.163. The van der Waals surface area contributed by atoms with Crippen LogP contribution < -0.4 is 15.8 Å². The van der Waals surface area contributed by atoms with Crippen molar-refractivity contribution >= 4 is 40.6 Å². The van der Waals surface area contributed by atoms with Crippen LogP contribution in [0.5, 0.6) is 5.75 Å². The van der Waals surface area contributed by atoms with Crippen LogP contribution >= 0.6 is 23.1 Å². The van der Waals surface area contributed by atoms with Gasteiger partial charge in [0.15, 0.2) is 11.0 Å². The van der Waals surface area contributed by atoms with Crippen molar-refractivity contribution in [3.8, 4) is 16.5 Å². The second kappa shape index (κ2) is 9.57. The Morgan fingerprint density at radius 2 is 2.03 bits per heavy atom. The SMILES string of the molecule is COc1ccc(NC(=O)C(C)Sc2nnc(-c3cccs3)n2CCC(N)=O)cc1. The lowest BCUT2D eigenvalue weighted by atomic mass is 10.3. The Labute approximate surface area is 176 Å². The number of rotatable bonds is 9. The number of hydrogen-bond acceptors (Lipinski definition) is 7. The molecule has 1 atom stereocenters. The number of thiophene rings is 1. The molecule has 0 aliphatic heterocycles. The fourth-order valence-electron chi connectivity index (χ4n) is 2.52. The van der Waals surface area contributed by atoms with Gasteiger partial charge in [-0.05, 0) is 42.6 Å². The highest BCUT2D eigenvalue weighted by atomic mass is 32.2. The van der Waals surface area contributed by atoms with Crippen LogP contribution in [0.3, 0.4) is 0 Å². The van der Waals surface area contributed by atoms with Crippen LogP contribution in [0.25, 0.3) is 10.7 Å². The van der Waals surface area contributed by atoms with E-state index in [1.807, 2.05) is 22.1 Å². The van der Waals surface area contributed by atoms with E-state index in [9.17, 15) is 9.59 Å². The first kappa shape index (κ1) is 20.9. The monoisotopic (exact) mass is 431 g/mol.